The van der Waals surface area contributed by atoms with Crippen LogP contribution in [0.15, 0.2) is 36.4 Å². The smallest absolute Gasteiger partial charge is 0.312 e. The highest BCUT2D eigenvalue weighted by molar-refractivity contribution is 6.05. The molecule has 2 aromatic carbocycles. The van der Waals surface area contributed by atoms with Gasteiger partial charge in [-0.05, 0) is 55.8 Å². The third-order valence-electron chi connectivity index (χ3n) is 4.59. The zero-order chi connectivity index (χ0) is 19.9. The SMILES string of the molecule is COC(=O)C(C)c1c(C)n(C(=O)c2ccc(F)c(F)c2)c2ccc(O)cc12. The highest BCUT2D eigenvalue weighted by Gasteiger charge is 2.27. The third-order valence-corrected chi connectivity index (χ3v) is 4.59. The van der Waals surface area contributed by atoms with E-state index in [2.05, 4.69) is 0 Å². The quantitative estimate of drug-likeness (QED) is 0.707. The second kappa shape index (κ2) is 6.83. The van der Waals surface area contributed by atoms with Crippen molar-refractivity contribution in [3.05, 3.63) is 64.9 Å². The van der Waals surface area contributed by atoms with Crippen LogP contribution in [-0.4, -0.2) is 28.7 Å². The Morgan fingerprint density at radius 2 is 1.81 bits per heavy atom. The van der Waals surface area contributed by atoms with Gasteiger partial charge in [-0.25, -0.2) is 8.78 Å². The van der Waals surface area contributed by atoms with E-state index in [4.69, 9.17) is 4.74 Å². The van der Waals surface area contributed by atoms with Gasteiger partial charge < -0.3 is 9.84 Å². The molecule has 3 aromatic rings. The average Bonchev–Trinajstić information content (AvgIpc) is 2.93. The molecule has 1 aromatic heterocycles. The molecule has 1 atom stereocenters. The van der Waals surface area contributed by atoms with Gasteiger partial charge in [0, 0.05) is 16.6 Å². The molecule has 3 rings (SSSR count). The summed E-state index contributed by atoms with van der Waals surface area (Å²) in [5.41, 5.74) is 1.36. The van der Waals surface area contributed by atoms with Crippen molar-refractivity contribution in [1.82, 2.24) is 4.57 Å². The van der Waals surface area contributed by atoms with E-state index in [0.29, 0.717) is 22.2 Å². The minimum atomic E-state index is -1.13. The van der Waals surface area contributed by atoms with E-state index in [0.717, 1.165) is 12.1 Å². The maximum atomic E-state index is 13.6. The lowest BCUT2D eigenvalue weighted by atomic mass is 9.98. The van der Waals surface area contributed by atoms with Crippen LogP contribution in [0.4, 0.5) is 8.78 Å². The molecule has 5 nitrogen and oxygen atoms in total. The molecule has 0 saturated heterocycles. The first kappa shape index (κ1) is 18.6. The summed E-state index contributed by atoms with van der Waals surface area (Å²) in [6.07, 6.45) is 0. The zero-order valence-electron chi connectivity index (χ0n) is 14.9. The summed E-state index contributed by atoms with van der Waals surface area (Å²) in [5.74, 6) is -3.98. The number of esters is 1. The molecule has 0 saturated carbocycles. The molecular formula is C20H17F2NO4. The van der Waals surface area contributed by atoms with Crippen LogP contribution in [0.25, 0.3) is 10.9 Å². The minimum Gasteiger partial charge on any atom is -0.508 e. The number of carbonyl (C=O) groups is 2. The number of carbonyl (C=O) groups excluding carboxylic acids is 2. The van der Waals surface area contributed by atoms with Crippen molar-refractivity contribution in [2.24, 2.45) is 0 Å². The molecule has 0 aliphatic carbocycles. The number of rotatable bonds is 3. The Hall–Kier alpha value is -3.22. The Morgan fingerprint density at radius 3 is 2.44 bits per heavy atom. The number of aromatic nitrogens is 1. The van der Waals surface area contributed by atoms with Crippen LogP contribution < -0.4 is 0 Å². The Balaban J connectivity index is 2.27. The molecule has 0 fully saturated rings. The molecule has 1 unspecified atom stereocenters. The van der Waals surface area contributed by atoms with Crippen LogP contribution in [0, 0.1) is 18.6 Å². The van der Waals surface area contributed by atoms with Crippen molar-refractivity contribution in [3.8, 4) is 5.75 Å². The van der Waals surface area contributed by atoms with E-state index < -0.39 is 29.4 Å². The fourth-order valence-corrected chi connectivity index (χ4v) is 3.29. The van der Waals surface area contributed by atoms with E-state index in [1.165, 1.54) is 35.9 Å². The number of nitrogens with zero attached hydrogens (tertiary/aromatic N) is 1. The van der Waals surface area contributed by atoms with Gasteiger partial charge in [-0.2, -0.15) is 0 Å². The lowest BCUT2D eigenvalue weighted by Gasteiger charge is -2.11. The van der Waals surface area contributed by atoms with Crippen LogP contribution in [0.3, 0.4) is 0 Å². The fourth-order valence-electron chi connectivity index (χ4n) is 3.29. The van der Waals surface area contributed by atoms with Gasteiger partial charge in [0.15, 0.2) is 11.6 Å². The summed E-state index contributed by atoms with van der Waals surface area (Å²) in [6.45, 7) is 3.27. The summed E-state index contributed by atoms with van der Waals surface area (Å²) in [6, 6.07) is 7.29. The van der Waals surface area contributed by atoms with Crippen molar-refractivity contribution in [2.75, 3.05) is 7.11 Å². The van der Waals surface area contributed by atoms with Crippen LogP contribution in [-0.2, 0) is 9.53 Å². The Morgan fingerprint density at radius 1 is 1.11 bits per heavy atom. The van der Waals surface area contributed by atoms with Crippen LogP contribution >= 0.6 is 0 Å². The highest BCUT2D eigenvalue weighted by Crippen LogP contribution is 2.35. The maximum absolute atomic E-state index is 13.6. The van der Waals surface area contributed by atoms with E-state index in [9.17, 15) is 23.5 Å². The Kier molecular flexibility index (Phi) is 4.70. The summed E-state index contributed by atoms with van der Waals surface area (Å²) < 4.78 is 32.9. The molecule has 0 radical (unpaired) electrons. The van der Waals surface area contributed by atoms with Crippen molar-refractivity contribution in [1.29, 1.82) is 0 Å². The van der Waals surface area contributed by atoms with Gasteiger partial charge in [0.05, 0.1) is 18.5 Å². The van der Waals surface area contributed by atoms with E-state index >= 15 is 0 Å². The number of phenolic OH excluding ortho intramolecular Hbond substituents is 1. The number of aromatic hydroxyl groups is 1. The number of hydrogen-bond donors (Lipinski definition) is 1. The molecular weight excluding hydrogens is 356 g/mol. The first-order valence-electron chi connectivity index (χ1n) is 8.17. The van der Waals surface area contributed by atoms with Crippen LogP contribution in [0.2, 0.25) is 0 Å². The summed E-state index contributed by atoms with van der Waals surface area (Å²) >= 11 is 0. The minimum absolute atomic E-state index is 0.0294. The molecule has 0 amide bonds. The van der Waals surface area contributed by atoms with Gasteiger partial charge in [0.25, 0.3) is 5.91 Å². The second-order valence-electron chi connectivity index (χ2n) is 6.21. The van der Waals surface area contributed by atoms with Gasteiger partial charge in [0.2, 0.25) is 0 Å². The number of hydrogen-bond acceptors (Lipinski definition) is 4. The lowest BCUT2D eigenvalue weighted by molar-refractivity contribution is -0.141. The van der Waals surface area contributed by atoms with Crippen molar-refractivity contribution in [3.63, 3.8) is 0 Å². The van der Waals surface area contributed by atoms with Gasteiger partial charge in [-0.15, -0.1) is 0 Å². The highest BCUT2D eigenvalue weighted by atomic mass is 19.2. The summed E-state index contributed by atoms with van der Waals surface area (Å²) in [5, 5.41) is 10.4. The van der Waals surface area contributed by atoms with E-state index in [1.54, 1.807) is 13.8 Å². The third kappa shape index (κ3) is 3.05. The molecule has 27 heavy (non-hydrogen) atoms. The molecule has 0 spiro atoms. The molecule has 140 valence electrons. The summed E-state index contributed by atoms with van der Waals surface area (Å²) in [4.78, 5) is 25.1. The number of fused-ring (bicyclic) bond motifs is 1. The summed E-state index contributed by atoms with van der Waals surface area (Å²) in [7, 11) is 1.26. The standard InChI is InChI=1S/C20H17F2NO4/c1-10(20(26)27-3)18-11(2)23(17-7-5-13(24)9-14(17)18)19(25)12-4-6-15(21)16(22)8-12/h4-10,24H,1-3H3. The Bertz CT molecular complexity index is 1070. The number of ether oxygens (including phenoxy) is 1. The first-order valence-corrected chi connectivity index (χ1v) is 8.17. The average molecular weight is 373 g/mol. The molecule has 0 aliphatic rings. The van der Waals surface area contributed by atoms with Crippen LogP contribution in [0.5, 0.6) is 5.75 Å². The maximum Gasteiger partial charge on any atom is 0.312 e. The molecule has 1 N–H and O–H groups in total. The predicted molar refractivity (Wildman–Crippen MR) is 94.9 cm³/mol. The second-order valence-corrected chi connectivity index (χ2v) is 6.21. The van der Waals surface area contributed by atoms with Crippen LogP contribution in [0.1, 0.15) is 34.5 Å². The lowest BCUT2D eigenvalue weighted by Crippen LogP contribution is -2.16. The molecule has 1 heterocycles. The number of benzene rings is 2. The van der Waals surface area contributed by atoms with Crippen molar-refractivity contribution >= 4 is 22.8 Å². The van der Waals surface area contributed by atoms with Gasteiger partial charge >= 0.3 is 5.97 Å². The van der Waals surface area contributed by atoms with Gasteiger partial charge in [-0.3, -0.25) is 14.2 Å². The zero-order valence-corrected chi connectivity index (χ0v) is 14.9. The van der Waals surface area contributed by atoms with Gasteiger partial charge in [0.1, 0.15) is 5.75 Å². The van der Waals surface area contributed by atoms with Gasteiger partial charge in [-0.1, -0.05) is 0 Å². The monoisotopic (exact) mass is 373 g/mol. The predicted octanol–water partition coefficient (Wildman–Crippen LogP) is 3.90. The Labute approximate surface area is 153 Å². The molecule has 0 bridgehead atoms. The number of phenols is 1. The number of methoxy groups -OCH3 is 1. The first-order chi connectivity index (χ1) is 12.8. The van der Waals surface area contributed by atoms with E-state index in [1.807, 2.05) is 0 Å². The normalized spacial score (nSPS) is 12.2. The van der Waals surface area contributed by atoms with E-state index in [-0.39, 0.29) is 11.3 Å². The van der Waals surface area contributed by atoms with Crippen molar-refractivity contribution in [2.45, 2.75) is 19.8 Å². The topological polar surface area (TPSA) is 68.5 Å². The van der Waals surface area contributed by atoms with Crippen molar-refractivity contribution < 1.29 is 28.2 Å². The fraction of sp³-hybridized carbons (Fsp3) is 0.200. The largest absolute Gasteiger partial charge is 0.508 e. The molecule has 0 aliphatic heterocycles. The number of halogens is 2. The molecule has 7 heteroatoms.